The minimum atomic E-state index is -0.113. The Morgan fingerprint density at radius 3 is 2.72 bits per heavy atom. The fourth-order valence-electron chi connectivity index (χ4n) is 2.14. The molecular formula is C14H29N3O. The third-order valence-corrected chi connectivity index (χ3v) is 4.06. The van der Waals surface area contributed by atoms with Crippen molar-refractivity contribution < 1.29 is 4.79 Å². The summed E-state index contributed by atoms with van der Waals surface area (Å²) in [5, 5.41) is 6.58. The predicted molar refractivity (Wildman–Crippen MR) is 75.6 cm³/mol. The van der Waals surface area contributed by atoms with Crippen molar-refractivity contribution in [2.75, 3.05) is 20.1 Å². The van der Waals surface area contributed by atoms with Crippen LogP contribution in [0.1, 0.15) is 47.0 Å². The number of likely N-dealkylation sites (N-methyl/N-ethyl adjacent to an activating group) is 1. The number of nitrogens with one attached hydrogen (secondary N) is 2. The van der Waals surface area contributed by atoms with Gasteiger partial charge in [0.05, 0.1) is 6.04 Å². The number of amides is 1. The van der Waals surface area contributed by atoms with Crippen molar-refractivity contribution in [3.05, 3.63) is 0 Å². The van der Waals surface area contributed by atoms with Crippen LogP contribution < -0.4 is 10.6 Å². The van der Waals surface area contributed by atoms with Crippen LogP contribution in [-0.2, 0) is 4.79 Å². The standard InChI is InChI=1S/C14H29N3O/c1-6-14(3,4)16-13(18)11(2)17(5)10-12-8-7-9-15-12/h11-12,15H,6-10H2,1-5H3,(H,16,18). The molecule has 0 radical (unpaired) electrons. The molecule has 1 aliphatic rings. The van der Waals surface area contributed by atoms with Gasteiger partial charge in [0, 0.05) is 18.1 Å². The molecule has 0 aliphatic carbocycles. The molecule has 2 atom stereocenters. The molecule has 106 valence electrons. The monoisotopic (exact) mass is 255 g/mol. The minimum Gasteiger partial charge on any atom is -0.350 e. The van der Waals surface area contributed by atoms with Gasteiger partial charge in [0.2, 0.25) is 5.91 Å². The first kappa shape index (κ1) is 15.4. The van der Waals surface area contributed by atoms with Gasteiger partial charge in [-0.2, -0.15) is 0 Å². The lowest BCUT2D eigenvalue weighted by molar-refractivity contribution is -0.127. The maximum absolute atomic E-state index is 12.2. The third kappa shape index (κ3) is 4.58. The normalized spacial score (nSPS) is 22.2. The van der Waals surface area contributed by atoms with Gasteiger partial charge in [0.15, 0.2) is 0 Å². The van der Waals surface area contributed by atoms with E-state index in [1.54, 1.807) is 0 Å². The SMILES string of the molecule is CCC(C)(C)NC(=O)C(C)N(C)CC1CCCN1. The highest BCUT2D eigenvalue weighted by Crippen LogP contribution is 2.10. The second-order valence-electron chi connectivity index (χ2n) is 6.14. The predicted octanol–water partition coefficient (Wildman–Crippen LogP) is 1.36. The summed E-state index contributed by atoms with van der Waals surface area (Å²) in [6.45, 7) is 10.3. The van der Waals surface area contributed by atoms with Gasteiger partial charge in [-0.3, -0.25) is 9.69 Å². The van der Waals surface area contributed by atoms with Crippen LogP contribution in [0, 0.1) is 0 Å². The van der Waals surface area contributed by atoms with Crippen LogP contribution in [0.4, 0.5) is 0 Å². The Balaban J connectivity index is 2.41. The van der Waals surface area contributed by atoms with Gasteiger partial charge in [-0.25, -0.2) is 0 Å². The summed E-state index contributed by atoms with van der Waals surface area (Å²) in [5.41, 5.74) is -0.113. The first-order valence-corrected chi connectivity index (χ1v) is 7.11. The zero-order chi connectivity index (χ0) is 13.8. The average molecular weight is 255 g/mol. The van der Waals surface area contributed by atoms with Crippen molar-refractivity contribution >= 4 is 5.91 Å². The van der Waals surface area contributed by atoms with Crippen molar-refractivity contribution in [1.29, 1.82) is 0 Å². The largest absolute Gasteiger partial charge is 0.350 e. The van der Waals surface area contributed by atoms with Crippen LogP contribution in [0.2, 0.25) is 0 Å². The van der Waals surface area contributed by atoms with Crippen LogP contribution in [-0.4, -0.2) is 48.6 Å². The molecule has 4 nitrogen and oxygen atoms in total. The van der Waals surface area contributed by atoms with E-state index in [0.717, 1.165) is 19.5 Å². The van der Waals surface area contributed by atoms with E-state index >= 15 is 0 Å². The lowest BCUT2D eigenvalue weighted by Gasteiger charge is -2.31. The highest BCUT2D eigenvalue weighted by Gasteiger charge is 2.26. The van der Waals surface area contributed by atoms with E-state index in [4.69, 9.17) is 0 Å². The van der Waals surface area contributed by atoms with Crippen LogP contribution >= 0.6 is 0 Å². The fourth-order valence-corrected chi connectivity index (χ4v) is 2.14. The van der Waals surface area contributed by atoms with Crippen molar-refractivity contribution in [2.24, 2.45) is 0 Å². The summed E-state index contributed by atoms with van der Waals surface area (Å²) in [5.74, 6) is 0.127. The molecule has 0 bridgehead atoms. The average Bonchev–Trinajstić information content (AvgIpc) is 2.80. The molecule has 0 aromatic heterocycles. The maximum Gasteiger partial charge on any atom is 0.237 e. The summed E-state index contributed by atoms with van der Waals surface area (Å²) < 4.78 is 0. The van der Waals surface area contributed by atoms with Crippen LogP contribution in [0.15, 0.2) is 0 Å². The molecule has 2 N–H and O–H groups in total. The second kappa shape index (κ2) is 6.53. The van der Waals surface area contributed by atoms with E-state index in [0.29, 0.717) is 6.04 Å². The molecule has 4 heteroatoms. The number of hydrogen-bond acceptors (Lipinski definition) is 3. The van der Waals surface area contributed by atoms with E-state index in [1.807, 2.05) is 14.0 Å². The second-order valence-corrected chi connectivity index (χ2v) is 6.14. The van der Waals surface area contributed by atoms with Crippen molar-refractivity contribution in [2.45, 2.75) is 64.6 Å². The van der Waals surface area contributed by atoms with Crippen molar-refractivity contribution in [1.82, 2.24) is 15.5 Å². The fraction of sp³-hybridized carbons (Fsp3) is 0.929. The van der Waals surface area contributed by atoms with Gasteiger partial charge in [-0.15, -0.1) is 0 Å². The lowest BCUT2D eigenvalue weighted by atomic mass is 10.0. The molecule has 1 heterocycles. The van der Waals surface area contributed by atoms with E-state index in [2.05, 4.69) is 36.3 Å². The van der Waals surface area contributed by atoms with Crippen molar-refractivity contribution in [3.63, 3.8) is 0 Å². The molecule has 1 saturated heterocycles. The number of rotatable bonds is 6. The zero-order valence-electron chi connectivity index (χ0n) is 12.5. The first-order valence-electron chi connectivity index (χ1n) is 7.11. The summed E-state index contributed by atoms with van der Waals surface area (Å²) in [7, 11) is 2.03. The Bertz CT molecular complexity index is 272. The van der Waals surface area contributed by atoms with E-state index < -0.39 is 0 Å². The van der Waals surface area contributed by atoms with Gasteiger partial charge in [0.25, 0.3) is 0 Å². The highest BCUT2D eigenvalue weighted by molar-refractivity contribution is 5.81. The molecule has 1 amide bonds. The first-order chi connectivity index (χ1) is 8.35. The molecule has 0 aromatic rings. The van der Waals surface area contributed by atoms with E-state index in [-0.39, 0.29) is 17.5 Å². The quantitative estimate of drug-likeness (QED) is 0.753. The molecular weight excluding hydrogens is 226 g/mol. The molecule has 1 rings (SSSR count). The molecule has 1 aliphatic heterocycles. The third-order valence-electron chi connectivity index (χ3n) is 4.06. The number of carbonyl (C=O) groups excluding carboxylic acids is 1. The summed E-state index contributed by atoms with van der Waals surface area (Å²) >= 11 is 0. The molecule has 1 fully saturated rings. The Labute approximate surface area is 111 Å². The zero-order valence-corrected chi connectivity index (χ0v) is 12.5. The number of carbonyl (C=O) groups is 1. The number of nitrogens with zero attached hydrogens (tertiary/aromatic N) is 1. The summed E-state index contributed by atoms with van der Waals surface area (Å²) in [6.07, 6.45) is 3.42. The maximum atomic E-state index is 12.2. The van der Waals surface area contributed by atoms with Crippen LogP contribution in [0.25, 0.3) is 0 Å². The number of hydrogen-bond donors (Lipinski definition) is 2. The molecule has 0 aromatic carbocycles. The molecule has 2 unspecified atom stereocenters. The Hall–Kier alpha value is -0.610. The molecule has 0 saturated carbocycles. The summed E-state index contributed by atoms with van der Waals surface area (Å²) in [4.78, 5) is 14.3. The highest BCUT2D eigenvalue weighted by atomic mass is 16.2. The Kier molecular flexibility index (Phi) is 5.60. The van der Waals surface area contributed by atoms with Gasteiger partial charge in [0.1, 0.15) is 0 Å². The van der Waals surface area contributed by atoms with Crippen molar-refractivity contribution in [3.8, 4) is 0 Å². The van der Waals surface area contributed by atoms with Crippen LogP contribution in [0.5, 0.6) is 0 Å². The van der Waals surface area contributed by atoms with Gasteiger partial charge >= 0.3 is 0 Å². The Morgan fingerprint density at radius 1 is 1.56 bits per heavy atom. The van der Waals surface area contributed by atoms with Crippen LogP contribution in [0.3, 0.4) is 0 Å². The molecule has 18 heavy (non-hydrogen) atoms. The van der Waals surface area contributed by atoms with E-state index in [1.165, 1.54) is 12.8 Å². The summed E-state index contributed by atoms with van der Waals surface area (Å²) in [6, 6.07) is 0.475. The topological polar surface area (TPSA) is 44.4 Å². The molecule has 0 spiro atoms. The van der Waals surface area contributed by atoms with Gasteiger partial charge in [-0.05, 0) is 53.6 Å². The minimum absolute atomic E-state index is 0.0711. The van der Waals surface area contributed by atoms with Gasteiger partial charge < -0.3 is 10.6 Å². The van der Waals surface area contributed by atoms with Gasteiger partial charge in [-0.1, -0.05) is 6.92 Å². The Morgan fingerprint density at radius 2 is 2.22 bits per heavy atom. The van der Waals surface area contributed by atoms with E-state index in [9.17, 15) is 4.79 Å². The lowest BCUT2D eigenvalue weighted by Crippen LogP contribution is -2.52. The smallest absolute Gasteiger partial charge is 0.237 e.